The van der Waals surface area contributed by atoms with E-state index in [1.54, 1.807) is 0 Å². The molecule has 9 aromatic rings. The number of fused-ring (bicyclic) bond motifs is 6. The van der Waals surface area contributed by atoms with E-state index in [4.69, 9.17) is 8.83 Å². The zero-order valence-corrected chi connectivity index (χ0v) is 24.4. The predicted octanol–water partition coefficient (Wildman–Crippen LogP) is 12.3. The summed E-state index contributed by atoms with van der Waals surface area (Å²) < 4.78 is 13.1. The third-order valence-corrected chi connectivity index (χ3v) is 8.66. The average Bonchev–Trinajstić information content (AvgIpc) is 3.66. The number of furan rings is 2. The first-order chi connectivity index (χ1) is 22.3. The fraction of sp³-hybridized carbons (Fsp3) is 0. The Bertz CT molecular complexity index is 2460. The molecule has 0 unspecified atom stereocenters. The van der Waals surface area contributed by atoms with E-state index < -0.39 is 0 Å². The molecular formula is C42H27NO2. The van der Waals surface area contributed by atoms with Crippen LogP contribution in [0, 0.1) is 0 Å². The van der Waals surface area contributed by atoms with Gasteiger partial charge >= 0.3 is 0 Å². The van der Waals surface area contributed by atoms with Gasteiger partial charge in [0.05, 0.1) is 0 Å². The normalized spacial score (nSPS) is 11.6. The summed E-state index contributed by atoms with van der Waals surface area (Å²) >= 11 is 0. The highest BCUT2D eigenvalue weighted by Gasteiger charge is 2.18. The van der Waals surface area contributed by atoms with Gasteiger partial charge in [0, 0.05) is 50.2 Å². The van der Waals surface area contributed by atoms with Gasteiger partial charge in [0.1, 0.15) is 22.3 Å². The van der Waals surface area contributed by atoms with Crippen LogP contribution in [0.25, 0.3) is 66.1 Å². The van der Waals surface area contributed by atoms with Gasteiger partial charge in [0.2, 0.25) is 0 Å². The molecule has 0 atom stereocenters. The molecule has 0 aliphatic carbocycles. The van der Waals surface area contributed by atoms with Crippen molar-refractivity contribution in [3.63, 3.8) is 0 Å². The van der Waals surface area contributed by atoms with E-state index >= 15 is 0 Å². The van der Waals surface area contributed by atoms with Crippen LogP contribution in [-0.4, -0.2) is 0 Å². The van der Waals surface area contributed by atoms with Crippen LogP contribution in [0.5, 0.6) is 0 Å². The van der Waals surface area contributed by atoms with Crippen molar-refractivity contribution in [1.82, 2.24) is 0 Å². The number of nitrogens with zero attached hydrogens (tertiary/aromatic N) is 1. The lowest BCUT2D eigenvalue weighted by atomic mass is 10.0. The van der Waals surface area contributed by atoms with Crippen molar-refractivity contribution in [3.05, 3.63) is 164 Å². The van der Waals surface area contributed by atoms with E-state index in [1.165, 1.54) is 11.1 Å². The van der Waals surface area contributed by atoms with Crippen molar-refractivity contribution < 1.29 is 8.83 Å². The Morgan fingerprint density at radius 2 is 0.889 bits per heavy atom. The zero-order chi connectivity index (χ0) is 29.7. The quantitative estimate of drug-likeness (QED) is 0.204. The fourth-order valence-corrected chi connectivity index (χ4v) is 6.50. The first kappa shape index (κ1) is 25.4. The summed E-state index contributed by atoms with van der Waals surface area (Å²) in [6.07, 6.45) is 0. The molecule has 9 rings (SSSR count). The standard InChI is InChI=1S/C42H27NO2/c1-4-11-28(12-5-1)29-19-21-32(22-20-29)43(31-15-8-3-9-16-31)33-23-24-35-37-26-41-38(27-40(37)44-39(35)25-33)36-18-10-17-34(42(36)45-41)30-13-6-2-7-14-30/h1-27H. The molecule has 3 nitrogen and oxygen atoms in total. The number of benzene rings is 7. The highest BCUT2D eigenvalue weighted by atomic mass is 16.3. The Labute approximate surface area is 260 Å². The molecule has 0 bridgehead atoms. The summed E-state index contributed by atoms with van der Waals surface area (Å²) in [7, 11) is 0. The minimum absolute atomic E-state index is 0.839. The predicted molar refractivity (Wildman–Crippen MR) is 187 cm³/mol. The molecule has 0 fully saturated rings. The Hall–Kier alpha value is -6.06. The molecule has 0 aliphatic heterocycles. The van der Waals surface area contributed by atoms with Crippen molar-refractivity contribution in [2.45, 2.75) is 0 Å². The number of anilines is 3. The van der Waals surface area contributed by atoms with Gasteiger partial charge in [0.25, 0.3) is 0 Å². The second-order valence-corrected chi connectivity index (χ2v) is 11.4. The molecule has 2 aromatic heterocycles. The Balaban J connectivity index is 1.16. The first-order valence-corrected chi connectivity index (χ1v) is 15.2. The second-order valence-electron chi connectivity index (χ2n) is 11.4. The highest BCUT2D eigenvalue weighted by Crippen LogP contribution is 2.42. The molecule has 0 N–H and O–H groups in total. The molecule has 3 heteroatoms. The summed E-state index contributed by atoms with van der Waals surface area (Å²) in [4.78, 5) is 2.27. The lowest BCUT2D eigenvalue weighted by Gasteiger charge is -2.25. The lowest BCUT2D eigenvalue weighted by molar-refractivity contribution is 0.664. The molecule has 0 spiro atoms. The zero-order valence-electron chi connectivity index (χ0n) is 24.4. The van der Waals surface area contributed by atoms with Gasteiger partial charge in [-0.05, 0) is 65.2 Å². The topological polar surface area (TPSA) is 29.5 Å². The Morgan fingerprint density at radius 1 is 0.333 bits per heavy atom. The van der Waals surface area contributed by atoms with Crippen LogP contribution in [-0.2, 0) is 0 Å². The molecular weight excluding hydrogens is 550 g/mol. The monoisotopic (exact) mass is 577 g/mol. The Kier molecular flexibility index (Phi) is 5.82. The van der Waals surface area contributed by atoms with E-state index in [0.717, 1.165) is 72.1 Å². The third-order valence-electron chi connectivity index (χ3n) is 8.66. The fourth-order valence-electron chi connectivity index (χ4n) is 6.50. The smallest absolute Gasteiger partial charge is 0.143 e. The van der Waals surface area contributed by atoms with Gasteiger partial charge in [-0.15, -0.1) is 0 Å². The van der Waals surface area contributed by atoms with Crippen LogP contribution in [0.3, 0.4) is 0 Å². The van der Waals surface area contributed by atoms with Crippen LogP contribution in [0.15, 0.2) is 173 Å². The van der Waals surface area contributed by atoms with Gasteiger partial charge in [-0.25, -0.2) is 0 Å². The molecule has 0 radical (unpaired) electrons. The maximum Gasteiger partial charge on any atom is 0.143 e. The molecule has 0 saturated heterocycles. The van der Waals surface area contributed by atoms with Crippen LogP contribution in [0.4, 0.5) is 17.1 Å². The van der Waals surface area contributed by atoms with Crippen LogP contribution >= 0.6 is 0 Å². The second kappa shape index (κ2) is 10.3. The summed E-state index contributed by atoms with van der Waals surface area (Å²) in [5.41, 5.74) is 11.3. The van der Waals surface area contributed by atoms with Crippen molar-refractivity contribution in [2.24, 2.45) is 0 Å². The van der Waals surface area contributed by atoms with Crippen molar-refractivity contribution in [1.29, 1.82) is 0 Å². The number of hydrogen-bond acceptors (Lipinski definition) is 3. The minimum Gasteiger partial charge on any atom is -0.456 e. The van der Waals surface area contributed by atoms with E-state index in [1.807, 2.05) is 18.2 Å². The van der Waals surface area contributed by atoms with E-state index in [-0.39, 0.29) is 0 Å². The maximum atomic E-state index is 6.56. The molecule has 2 heterocycles. The summed E-state index contributed by atoms with van der Waals surface area (Å²) in [6.45, 7) is 0. The van der Waals surface area contributed by atoms with E-state index in [2.05, 4.69) is 150 Å². The average molecular weight is 578 g/mol. The Morgan fingerprint density at radius 3 is 1.62 bits per heavy atom. The largest absolute Gasteiger partial charge is 0.456 e. The van der Waals surface area contributed by atoms with Crippen molar-refractivity contribution in [2.75, 3.05) is 4.90 Å². The van der Waals surface area contributed by atoms with E-state index in [0.29, 0.717) is 0 Å². The van der Waals surface area contributed by atoms with Crippen LogP contribution in [0.1, 0.15) is 0 Å². The number of para-hydroxylation sites is 2. The summed E-state index contributed by atoms with van der Waals surface area (Å²) in [5, 5.41) is 4.25. The summed E-state index contributed by atoms with van der Waals surface area (Å²) in [5.74, 6) is 0. The molecule has 0 aliphatic rings. The first-order valence-electron chi connectivity index (χ1n) is 15.2. The molecule has 0 amide bonds. The number of rotatable bonds is 5. The van der Waals surface area contributed by atoms with Crippen LogP contribution in [0.2, 0.25) is 0 Å². The highest BCUT2D eigenvalue weighted by molar-refractivity contribution is 6.16. The SMILES string of the molecule is c1ccc(-c2ccc(N(c3ccccc3)c3ccc4c(c3)oc3cc5c(cc34)oc3c(-c4ccccc4)cccc35)cc2)cc1. The maximum absolute atomic E-state index is 6.56. The molecule has 45 heavy (non-hydrogen) atoms. The molecule has 212 valence electrons. The minimum atomic E-state index is 0.839. The van der Waals surface area contributed by atoms with Gasteiger partial charge in [-0.1, -0.05) is 109 Å². The molecule has 0 saturated carbocycles. The van der Waals surface area contributed by atoms with Crippen molar-refractivity contribution in [3.8, 4) is 22.3 Å². The third kappa shape index (κ3) is 4.29. The number of hydrogen-bond donors (Lipinski definition) is 0. The van der Waals surface area contributed by atoms with Gasteiger partial charge in [-0.3, -0.25) is 0 Å². The molecule has 7 aromatic carbocycles. The lowest BCUT2D eigenvalue weighted by Crippen LogP contribution is -2.09. The summed E-state index contributed by atoms with van der Waals surface area (Å²) in [6, 6.07) is 57.1. The van der Waals surface area contributed by atoms with Gasteiger partial charge in [0.15, 0.2) is 0 Å². The van der Waals surface area contributed by atoms with Gasteiger partial charge in [-0.2, -0.15) is 0 Å². The van der Waals surface area contributed by atoms with Crippen LogP contribution < -0.4 is 4.90 Å². The van der Waals surface area contributed by atoms with Gasteiger partial charge < -0.3 is 13.7 Å². The van der Waals surface area contributed by atoms with E-state index in [9.17, 15) is 0 Å². The van der Waals surface area contributed by atoms with Crippen molar-refractivity contribution >= 4 is 60.9 Å².